The first-order valence-corrected chi connectivity index (χ1v) is 9.70. The predicted octanol–water partition coefficient (Wildman–Crippen LogP) is 4.80. The summed E-state index contributed by atoms with van der Waals surface area (Å²) >= 11 is 1.60. The minimum Gasteiger partial charge on any atom is -0.227 e. The van der Waals surface area contributed by atoms with E-state index in [1.165, 1.54) is 34.8 Å². The average molecular weight is 387 g/mol. The third-order valence-electron chi connectivity index (χ3n) is 4.52. The van der Waals surface area contributed by atoms with E-state index in [1.54, 1.807) is 28.6 Å². The number of thioether (sulfide) groups is 1. The Morgan fingerprint density at radius 2 is 1.71 bits per heavy atom. The van der Waals surface area contributed by atoms with E-state index in [1.807, 2.05) is 12.1 Å². The molecule has 5 rings (SSSR count). The molecule has 2 aromatic heterocycles. The van der Waals surface area contributed by atoms with Crippen LogP contribution in [-0.4, -0.2) is 25.0 Å². The fraction of sp³-hybridized carbons (Fsp3) is 0.0476. The van der Waals surface area contributed by atoms with Gasteiger partial charge >= 0.3 is 0 Å². The molecule has 136 valence electrons. The molecular formula is C21H14FN5S. The lowest BCUT2D eigenvalue weighted by molar-refractivity contribution is 0.627. The Morgan fingerprint density at radius 3 is 2.61 bits per heavy atom. The highest BCUT2D eigenvalue weighted by Crippen LogP contribution is 2.29. The number of hydrogen-bond donors (Lipinski definition) is 0. The second kappa shape index (κ2) is 7.01. The molecule has 0 aliphatic carbocycles. The molecule has 0 saturated carbocycles. The number of nitrogens with zero attached hydrogens (tertiary/aromatic N) is 5. The van der Waals surface area contributed by atoms with Crippen molar-refractivity contribution in [2.24, 2.45) is 0 Å². The molecule has 3 aromatic carbocycles. The maximum absolute atomic E-state index is 13.2. The summed E-state index contributed by atoms with van der Waals surface area (Å²) in [6.45, 7) is 0. The molecule has 28 heavy (non-hydrogen) atoms. The first-order chi connectivity index (χ1) is 13.8. The van der Waals surface area contributed by atoms with Crippen LogP contribution in [0.2, 0.25) is 0 Å². The van der Waals surface area contributed by atoms with Gasteiger partial charge in [-0.15, -0.1) is 5.10 Å². The number of aromatic nitrogens is 5. The van der Waals surface area contributed by atoms with Crippen molar-refractivity contribution >= 4 is 33.7 Å². The van der Waals surface area contributed by atoms with Gasteiger partial charge in [-0.1, -0.05) is 59.4 Å². The van der Waals surface area contributed by atoms with E-state index in [9.17, 15) is 4.39 Å². The zero-order valence-corrected chi connectivity index (χ0v) is 15.5. The molecule has 0 spiro atoms. The van der Waals surface area contributed by atoms with Gasteiger partial charge in [-0.05, 0) is 40.6 Å². The molecule has 0 saturated heterocycles. The molecule has 7 heteroatoms. The van der Waals surface area contributed by atoms with Crippen molar-refractivity contribution in [2.75, 3.05) is 0 Å². The van der Waals surface area contributed by atoms with Gasteiger partial charge in [-0.2, -0.15) is 4.68 Å². The number of benzene rings is 3. The van der Waals surface area contributed by atoms with Crippen LogP contribution in [0.25, 0.3) is 27.6 Å². The first-order valence-electron chi connectivity index (χ1n) is 8.71. The fourth-order valence-corrected chi connectivity index (χ4v) is 4.09. The lowest BCUT2D eigenvalue weighted by Gasteiger charge is -2.06. The summed E-state index contributed by atoms with van der Waals surface area (Å²) in [5.41, 5.74) is 3.17. The molecule has 0 fully saturated rings. The topological polar surface area (TPSA) is 56.5 Å². The fourth-order valence-electron chi connectivity index (χ4n) is 3.15. The molecule has 5 aromatic rings. The van der Waals surface area contributed by atoms with E-state index in [2.05, 4.69) is 50.6 Å². The average Bonchev–Trinajstić information content (AvgIpc) is 3.17. The van der Waals surface area contributed by atoms with Crippen molar-refractivity contribution < 1.29 is 4.39 Å². The van der Waals surface area contributed by atoms with Crippen LogP contribution in [-0.2, 0) is 5.75 Å². The molecule has 0 aliphatic heterocycles. The minimum absolute atomic E-state index is 0.297. The second-order valence-corrected chi connectivity index (χ2v) is 7.22. The molecule has 0 amide bonds. The summed E-state index contributed by atoms with van der Waals surface area (Å²) in [5, 5.41) is 11.7. The molecule has 2 heterocycles. The molecule has 0 bridgehead atoms. The highest BCUT2D eigenvalue weighted by atomic mass is 32.2. The lowest BCUT2D eigenvalue weighted by atomic mass is 10.1. The standard InChI is InChI=1S/C21H14FN5S/c22-16-8-10-17(11-9-16)27-20-19(25-26-27)21(24-13-23-20)28-12-15-6-3-5-14-4-1-2-7-18(14)15/h1-11,13H,12H2. The van der Waals surface area contributed by atoms with Gasteiger partial charge in [-0.25, -0.2) is 14.4 Å². The highest BCUT2D eigenvalue weighted by Gasteiger charge is 2.14. The summed E-state index contributed by atoms with van der Waals surface area (Å²) in [4.78, 5) is 8.72. The zero-order valence-electron chi connectivity index (χ0n) is 14.7. The summed E-state index contributed by atoms with van der Waals surface area (Å²) < 4.78 is 14.8. The van der Waals surface area contributed by atoms with Crippen molar-refractivity contribution in [3.05, 3.63) is 84.4 Å². The minimum atomic E-state index is -0.297. The van der Waals surface area contributed by atoms with E-state index < -0.39 is 0 Å². The monoisotopic (exact) mass is 387 g/mol. The van der Waals surface area contributed by atoms with Crippen molar-refractivity contribution in [3.8, 4) is 5.69 Å². The Bertz CT molecular complexity index is 1280. The summed E-state index contributed by atoms with van der Waals surface area (Å²) in [6.07, 6.45) is 1.51. The van der Waals surface area contributed by atoms with Crippen molar-refractivity contribution in [1.29, 1.82) is 0 Å². The van der Waals surface area contributed by atoms with Crippen LogP contribution in [0.15, 0.2) is 78.1 Å². The van der Waals surface area contributed by atoms with Crippen LogP contribution in [0.5, 0.6) is 0 Å². The summed E-state index contributed by atoms with van der Waals surface area (Å²) in [5.74, 6) is 0.464. The van der Waals surface area contributed by atoms with E-state index in [4.69, 9.17) is 0 Å². The van der Waals surface area contributed by atoms with Gasteiger partial charge in [0, 0.05) is 5.75 Å². The van der Waals surface area contributed by atoms with Crippen LogP contribution in [0, 0.1) is 5.82 Å². The smallest absolute Gasteiger partial charge is 0.187 e. The maximum atomic E-state index is 13.2. The van der Waals surface area contributed by atoms with E-state index in [-0.39, 0.29) is 5.82 Å². The predicted molar refractivity (Wildman–Crippen MR) is 108 cm³/mol. The molecular weight excluding hydrogens is 373 g/mol. The summed E-state index contributed by atoms with van der Waals surface area (Å²) in [6, 6.07) is 20.7. The second-order valence-electron chi connectivity index (χ2n) is 6.26. The molecule has 0 atom stereocenters. The van der Waals surface area contributed by atoms with Crippen LogP contribution < -0.4 is 0 Å². The van der Waals surface area contributed by atoms with Gasteiger partial charge in [0.25, 0.3) is 0 Å². The summed E-state index contributed by atoms with van der Waals surface area (Å²) in [7, 11) is 0. The van der Waals surface area contributed by atoms with Gasteiger partial charge < -0.3 is 0 Å². The Balaban J connectivity index is 1.49. The normalized spacial score (nSPS) is 11.3. The molecule has 0 aliphatic rings. The van der Waals surface area contributed by atoms with Crippen LogP contribution in [0.4, 0.5) is 4.39 Å². The third kappa shape index (κ3) is 2.99. The molecule has 5 nitrogen and oxygen atoms in total. The number of fused-ring (bicyclic) bond motifs is 2. The zero-order chi connectivity index (χ0) is 18.9. The van der Waals surface area contributed by atoms with Gasteiger partial charge in [0.1, 0.15) is 17.2 Å². The van der Waals surface area contributed by atoms with Crippen LogP contribution >= 0.6 is 11.8 Å². The van der Waals surface area contributed by atoms with Crippen molar-refractivity contribution in [2.45, 2.75) is 10.8 Å². The Morgan fingerprint density at radius 1 is 0.893 bits per heavy atom. The van der Waals surface area contributed by atoms with E-state index in [0.717, 1.165) is 10.8 Å². The Labute approximate surface area is 164 Å². The number of rotatable bonds is 4. The SMILES string of the molecule is Fc1ccc(-n2nnc3c(SCc4cccc5ccccc45)ncnc32)cc1. The van der Waals surface area contributed by atoms with E-state index >= 15 is 0 Å². The van der Waals surface area contributed by atoms with Crippen LogP contribution in [0.1, 0.15) is 5.56 Å². The third-order valence-corrected chi connectivity index (χ3v) is 5.55. The van der Waals surface area contributed by atoms with Crippen molar-refractivity contribution in [3.63, 3.8) is 0 Å². The van der Waals surface area contributed by atoms with Gasteiger partial charge in [0.05, 0.1) is 5.69 Å². The molecule has 0 radical (unpaired) electrons. The lowest BCUT2D eigenvalue weighted by Crippen LogP contribution is -1.98. The van der Waals surface area contributed by atoms with Gasteiger partial charge in [0.2, 0.25) is 0 Å². The molecule has 0 unspecified atom stereocenters. The number of hydrogen-bond acceptors (Lipinski definition) is 5. The van der Waals surface area contributed by atoms with E-state index in [0.29, 0.717) is 16.9 Å². The van der Waals surface area contributed by atoms with Gasteiger partial charge in [0.15, 0.2) is 11.2 Å². The Kier molecular flexibility index (Phi) is 4.21. The Hall–Kier alpha value is -3.32. The highest BCUT2D eigenvalue weighted by molar-refractivity contribution is 7.98. The largest absolute Gasteiger partial charge is 0.227 e. The molecule has 0 N–H and O–H groups in total. The first kappa shape index (κ1) is 16.8. The van der Waals surface area contributed by atoms with Crippen LogP contribution in [0.3, 0.4) is 0 Å². The number of halogens is 1. The maximum Gasteiger partial charge on any atom is 0.187 e. The van der Waals surface area contributed by atoms with Crippen molar-refractivity contribution in [1.82, 2.24) is 25.0 Å². The quantitative estimate of drug-likeness (QED) is 0.328. The van der Waals surface area contributed by atoms with Gasteiger partial charge in [-0.3, -0.25) is 0 Å².